The number of aromatic nitrogens is 3. The van der Waals surface area contributed by atoms with Crippen molar-refractivity contribution in [3.8, 4) is 5.13 Å². The number of nitrogens with one attached hydrogen (secondary N) is 1. The number of anilines is 1. The van der Waals surface area contributed by atoms with E-state index in [0.29, 0.717) is 13.1 Å². The summed E-state index contributed by atoms with van der Waals surface area (Å²) in [6.07, 6.45) is 5.80. The summed E-state index contributed by atoms with van der Waals surface area (Å²) in [5.74, 6) is 0.0830. The van der Waals surface area contributed by atoms with Crippen LogP contribution in [0.4, 0.5) is 5.13 Å². The molecule has 3 aromatic rings. The molecule has 1 N–H and O–H groups in total. The Hall–Kier alpha value is -2.19. The van der Waals surface area contributed by atoms with Gasteiger partial charge in [-0.2, -0.15) is 0 Å². The van der Waals surface area contributed by atoms with E-state index in [0.717, 1.165) is 39.7 Å². The Kier molecular flexibility index (Phi) is 5.54. The van der Waals surface area contributed by atoms with Gasteiger partial charge in [-0.1, -0.05) is 39.4 Å². The predicted molar refractivity (Wildman–Crippen MR) is 110 cm³/mol. The number of halogens is 1. The van der Waals surface area contributed by atoms with E-state index in [-0.39, 0.29) is 11.8 Å². The number of hydrogen-bond donors (Lipinski definition) is 1. The van der Waals surface area contributed by atoms with Gasteiger partial charge in [0.05, 0.1) is 5.92 Å². The smallest absolute Gasteiger partial charge is 0.225 e. The van der Waals surface area contributed by atoms with E-state index < -0.39 is 0 Å². The largest absolute Gasteiger partial charge is 0.352 e. The number of amides is 1. The molecule has 0 bridgehead atoms. The second-order valence-corrected chi connectivity index (χ2v) is 8.44. The van der Waals surface area contributed by atoms with Crippen molar-refractivity contribution in [1.82, 2.24) is 20.1 Å². The van der Waals surface area contributed by atoms with E-state index in [1.807, 2.05) is 53.4 Å². The fourth-order valence-corrected chi connectivity index (χ4v) is 4.54. The third-order valence-corrected chi connectivity index (χ3v) is 6.14. The summed E-state index contributed by atoms with van der Waals surface area (Å²) in [6.45, 7) is 2.14. The summed E-state index contributed by atoms with van der Waals surface area (Å²) in [7, 11) is 0. The maximum atomic E-state index is 12.6. The highest BCUT2D eigenvalue weighted by atomic mass is 79.9. The van der Waals surface area contributed by atoms with Crippen LogP contribution in [0.15, 0.2) is 53.3 Å². The molecule has 8 heteroatoms. The van der Waals surface area contributed by atoms with Crippen molar-refractivity contribution in [3.63, 3.8) is 0 Å². The van der Waals surface area contributed by atoms with Crippen molar-refractivity contribution in [2.45, 2.75) is 19.4 Å². The Balaban J connectivity index is 1.37. The normalized spacial score (nSPS) is 17.1. The fraction of sp³-hybridized carbons (Fsp3) is 0.316. The lowest BCUT2D eigenvalue weighted by Gasteiger charge is -2.31. The summed E-state index contributed by atoms with van der Waals surface area (Å²) in [4.78, 5) is 14.8. The van der Waals surface area contributed by atoms with Gasteiger partial charge in [0.25, 0.3) is 0 Å². The average Bonchev–Trinajstić information content (AvgIpc) is 3.38. The highest BCUT2D eigenvalue weighted by molar-refractivity contribution is 9.10. The van der Waals surface area contributed by atoms with E-state index in [2.05, 4.69) is 36.3 Å². The van der Waals surface area contributed by atoms with E-state index >= 15 is 0 Å². The van der Waals surface area contributed by atoms with Gasteiger partial charge in [-0.25, -0.2) is 0 Å². The monoisotopic (exact) mass is 445 g/mol. The zero-order chi connectivity index (χ0) is 18.6. The number of carbonyl (C=O) groups is 1. The topological polar surface area (TPSA) is 63.1 Å². The minimum absolute atomic E-state index is 0.0233. The maximum absolute atomic E-state index is 12.6. The highest BCUT2D eigenvalue weighted by Gasteiger charge is 2.27. The zero-order valence-corrected chi connectivity index (χ0v) is 17.1. The SMILES string of the molecule is O=C(NCc1cccc(Br)c1)[C@@H]1CCCN(c2nnc(-n3cccc3)s2)C1. The molecule has 6 nitrogen and oxygen atoms in total. The summed E-state index contributed by atoms with van der Waals surface area (Å²) in [5, 5.41) is 13.4. The Bertz CT molecular complexity index is 910. The van der Waals surface area contributed by atoms with Crippen molar-refractivity contribution in [2.75, 3.05) is 18.0 Å². The molecular weight excluding hydrogens is 426 g/mol. The molecule has 1 atom stereocenters. The molecule has 1 amide bonds. The van der Waals surface area contributed by atoms with Crippen molar-refractivity contribution in [3.05, 3.63) is 58.8 Å². The lowest BCUT2D eigenvalue weighted by atomic mass is 9.97. The van der Waals surface area contributed by atoms with Crippen LogP contribution in [-0.4, -0.2) is 33.8 Å². The summed E-state index contributed by atoms with van der Waals surface area (Å²) in [6, 6.07) is 11.9. The van der Waals surface area contributed by atoms with Gasteiger partial charge in [-0.05, 0) is 42.7 Å². The summed E-state index contributed by atoms with van der Waals surface area (Å²) >= 11 is 5.02. The van der Waals surface area contributed by atoms with Crippen LogP contribution >= 0.6 is 27.3 Å². The molecule has 140 valence electrons. The number of carbonyl (C=O) groups excluding carboxylic acids is 1. The van der Waals surface area contributed by atoms with Crippen LogP contribution in [0.5, 0.6) is 0 Å². The molecule has 1 aliphatic heterocycles. The molecule has 1 aliphatic rings. The van der Waals surface area contributed by atoms with Crippen LogP contribution in [-0.2, 0) is 11.3 Å². The molecule has 3 heterocycles. The molecule has 27 heavy (non-hydrogen) atoms. The van der Waals surface area contributed by atoms with Gasteiger partial charge in [0.2, 0.25) is 16.2 Å². The van der Waals surface area contributed by atoms with E-state index in [4.69, 9.17) is 0 Å². The fourth-order valence-electron chi connectivity index (χ4n) is 3.25. The van der Waals surface area contributed by atoms with Gasteiger partial charge >= 0.3 is 0 Å². The summed E-state index contributed by atoms with van der Waals surface area (Å²) < 4.78 is 2.97. The zero-order valence-electron chi connectivity index (χ0n) is 14.7. The van der Waals surface area contributed by atoms with Gasteiger partial charge in [0, 0.05) is 36.5 Å². The van der Waals surface area contributed by atoms with Gasteiger partial charge < -0.3 is 10.2 Å². The molecule has 0 saturated carbocycles. The Morgan fingerprint density at radius 2 is 2.04 bits per heavy atom. The first-order chi connectivity index (χ1) is 13.2. The van der Waals surface area contributed by atoms with Crippen molar-refractivity contribution >= 4 is 38.3 Å². The Labute approximate surface area is 170 Å². The molecule has 1 aromatic carbocycles. The molecule has 0 spiro atoms. The van der Waals surface area contributed by atoms with E-state index in [1.165, 1.54) is 0 Å². The lowest BCUT2D eigenvalue weighted by molar-refractivity contribution is -0.125. The third kappa shape index (κ3) is 4.39. The molecule has 0 unspecified atom stereocenters. The minimum Gasteiger partial charge on any atom is -0.352 e. The number of nitrogens with zero attached hydrogens (tertiary/aromatic N) is 4. The van der Waals surface area contributed by atoms with Crippen LogP contribution in [0.2, 0.25) is 0 Å². The average molecular weight is 446 g/mol. The van der Waals surface area contributed by atoms with Gasteiger partial charge in [-0.15, -0.1) is 10.2 Å². The lowest BCUT2D eigenvalue weighted by Crippen LogP contribution is -2.43. The van der Waals surface area contributed by atoms with Crippen molar-refractivity contribution in [1.29, 1.82) is 0 Å². The number of hydrogen-bond acceptors (Lipinski definition) is 5. The molecular formula is C19H20BrN5OS. The van der Waals surface area contributed by atoms with Crippen LogP contribution in [0, 0.1) is 5.92 Å². The number of piperidine rings is 1. The summed E-state index contributed by atoms with van der Waals surface area (Å²) in [5.41, 5.74) is 1.09. The highest BCUT2D eigenvalue weighted by Crippen LogP contribution is 2.28. The van der Waals surface area contributed by atoms with Crippen LogP contribution in [0.25, 0.3) is 5.13 Å². The van der Waals surface area contributed by atoms with E-state index in [9.17, 15) is 4.79 Å². The molecule has 0 radical (unpaired) electrons. The first kappa shape index (κ1) is 18.2. The number of benzene rings is 1. The quantitative estimate of drug-likeness (QED) is 0.651. The second kappa shape index (κ2) is 8.22. The van der Waals surface area contributed by atoms with Gasteiger partial charge in [0.15, 0.2) is 0 Å². The second-order valence-electron chi connectivity index (χ2n) is 6.59. The standard InChI is InChI=1S/C19H20BrN5OS/c20-16-7-3-5-14(11-16)12-21-17(26)15-6-4-10-25(13-15)19-23-22-18(27-19)24-8-1-2-9-24/h1-3,5,7-9,11,15H,4,6,10,12-13H2,(H,21,26)/t15-/m1/s1. The molecule has 1 fully saturated rings. The van der Waals surface area contributed by atoms with Crippen molar-refractivity contribution < 1.29 is 4.79 Å². The molecule has 1 saturated heterocycles. The maximum Gasteiger partial charge on any atom is 0.225 e. The number of rotatable bonds is 5. The molecule has 4 rings (SSSR count). The first-order valence-corrected chi connectivity index (χ1v) is 10.5. The molecule has 2 aromatic heterocycles. The van der Waals surface area contributed by atoms with Crippen LogP contribution in [0.3, 0.4) is 0 Å². The Morgan fingerprint density at radius 1 is 1.22 bits per heavy atom. The predicted octanol–water partition coefficient (Wildman–Crippen LogP) is 3.62. The van der Waals surface area contributed by atoms with Crippen molar-refractivity contribution in [2.24, 2.45) is 5.92 Å². The van der Waals surface area contributed by atoms with Gasteiger partial charge in [-0.3, -0.25) is 9.36 Å². The molecule has 0 aliphatic carbocycles. The van der Waals surface area contributed by atoms with Crippen LogP contribution < -0.4 is 10.2 Å². The first-order valence-electron chi connectivity index (χ1n) is 8.93. The van der Waals surface area contributed by atoms with E-state index in [1.54, 1.807) is 11.3 Å². The van der Waals surface area contributed by atoms with Crippen LogP contribution in [0.1, 0.15) is 18.4 Å². The van der Waals surface area contributed by atoms with Gasteiger partial charge in [0.1, 0.15) is 0 Å². The minimum atomic E-state index is -0.0233. The third-order valence-electron chi connectivity index (χ3n) is 4.65. The Morgan fingerprint density at radius 3 is 2.85 bits per heavy atom.